The molecule has 2 N–H and O–H groups in total. The molecule has 24 heavy (non-hydrogen) atoms. The summed E-state index contributed by atoms with van der Waals surface area (Å²) in [5.41, 5.74) is 0.358. The van der Waals surface area contributed by atoms with E-state index in [-0.39, 0.29) is 24.3 Å². The van der Waals surface area contributed by atoms with Gasteiger partial charge in [-0.1, -0.05) is 37.3 Å². The van der Waals surface area contributed by atoms with E-state index in [1.807, 2.05) is 30.3 Å². The molecule has 0 aliphatic carbocycles. The molecule has 1 amide bonds. The molecule has 5 nitrogen and oxygen atoms in total. The van der Waals surface area contributed by atoms with Crippen molar-refractivity contribution in [1.82, 2.24) is 9.80 Å². The maximum Gasteiger partial charge on any atom is 0.257 e. The van der Waals surface area contributed by atoms with E-state index in [9.17, 15) is 15.0 Å². The van der Waals surface area contributed by atoms with Crippen LogP contribution in [0.4, 0.5) is 0 Å². The highest BCUT2D eigenvalue weighted by molar-refractivity contribution is 6.03. The molecule has 2 aromatic carbocycles. The highest BCUT2D eigenvalue weighted by atomic mass is 16.3. The van der Waals surface area contributed by atoms with Gasteiger partial charge in [0.25, 0.3) is 5.91 Å². The maximum absolute atomic E-state index is 12.8. The van der Waals surface area contributed by atoms with E-state index in [0.717, 1.165) is 24.9 Å². The number of aromatic hydroxyl groups is 1. The van der Waals surface area contributed by atoms with Crippen LogP contribution in [-0.4, -0.2) is 64.7 Å². The molecular weight excluding hydrogens is 304 g/mol. The van der Waals surface area contributed by atoms with Crippen molar-refractivity contribution in [2.75, 3.05) is 32.8 Å². The van der Waals surface area contributed by atoms with E-state index in [0.29, 0.717) is 24.0 Å². The van der Waals surface area contributed by atoms with Gasteiger partial charge in [0, 0.05) is 37.6 Å². The molecule has 0 spiro atoms. The zero-order chi connectivity index (χ0) is 17.1. The summed E-state index contributed by atoms with van der Waals surface area (Å²) in [6.45, 7) is 4.93. The first kappa shape index (κ1) is 16.7. The Morgan fingerprint density at radius 3 is 2.50 bits per heavy atom. The fraction of sp³-hybridized carbons (Fsp3) is 0.421. The van der Waals surface area contributed by atoms with Gasteiger partial charge in [-0.05, 0) is 17.9 Å². The Labute approximate surface area is 142 Å². The Morgan fingerprint density at radius 2 is 1.83 bits per heavy atom. The minimum atomic E-state index is -0.130. The molecule has 128 valence electrons. The predicted octanol–water partition coefficient (Wildman–Crippen LogP) is 2.07. The molecule has 1 heterocycles. The second kappa shape index (κ2) is 7.20. The quantitative estimate of drug-likeness (QED) is 0.902. The smallest absolute Gasteiger partial charge is 0.257 e. The third-order valence-electron chi connectivity index (χ3n) is 4.93. The van der Waals surface area contributed by atoms with E-state index in [2.05, 4.69) is 11.8 Å². The zero-order valence-electron chi connectivity index (χ0n) is 14.0. The normalized spacial score (nSPS) is 17.2. The van der Waals surface area contributed by atoms with Gasteiger partial charge in [0.2, 0.25) is 0 Å². The number of nitrogens with zero attached hydrogens (tertiary/aromatic N) is 2. The molecule has 1 aliphatic heterocycles. The Morgan fingerprint density at radius 1 is 1.12 bits per heavy atom. The second-order valence-corrected chi connectivity index (χ2v) is 6.26. The molecular formula is C19H24N2O3. The van der Waals surface area contributed by atoms with Crippen LogP contribution in [0.1, 0.15) is 23.7 Å². The number of carbonyl (C=O) groups is 1. The highest BCUT2D eigenvalue weighted by Gasteiger charge is 2.27. The lowest BCUT2D eigenvalue weighted by Gasteiger charge is -2.38. The third kappa shape index (κ3) is 3.09. The topological polar surface area (TPSA) is 64.0 Å². The van der Waals surface area contributed by atoms with Crippen molar-refractivity contribution >= 4 is 16.7 Å². The van der Waals surface area contributed by atoms with Crippen molar-refractivity contribution in [3.05, 3.63) is 42.0 Å². The van der Waals surface area contributed by atoms with Gasteiger partial charge < -0.3 is 15.1 Å². The molecule has 5 heteroatoms. The van der Waals surface area contributed by atoms with Crippen molar-refractivity contribution in [2.45, 2.75) is 19.4 Å². The molecule has 1 saturated heterocycles. The van der Waals surface area contributed by atoms with Crippen LogP contribution in [0.15, 0.2) is 36.4 Å². The Kier molecular flexibility index (Phi) is 5.02. The number of phenolic OH excluding ortho intramolecular Hbond substituents is 1. The third-order valence-corrected chi connectivity index (χ3v) is 4.93. The van der Waals surface area contributed by atoms with Gasteiger partial charge in [-0.3, -0.25) is 9.69 Å². The highest BCUT2D eigenvalue weighted by Crippen LogP contribution is 2.29. The van der Waals surface area contributed by atoms with E-state index in [1.54, 1.807) is 11.0 Å². The number of carbonyl (C=O) groups excluding carboxylic acids is 1. The van der Waals surface area contributed by atoms with Crippen molar-refractivity contribution < 1.29 is 15.0 Å². The van der Waals surface area contributed by atoms with E-state index in [1.165, 1.54) is 0 Å². The molecule has 1 aliphatic rings. The first-order chi connectivity index (χ1) is 11.7. The number of hydrogen-bond donors (Lipinski definition) is 2. The van der Waals surface area contributed by atoms with E-state index < -0.39 is 0 Å². The number of benzene rings is 2. The van der Waals surface area contributed by atoms with Gasteiger partial charge in [0.1, 0.15) is 5.75 Å². The fourth-order valence-corrected chi connectivity index (χ4v) is 3.39. The van der Waals surface area contributed by atoms with Gasteiger partial charge in [0.05, 0.1) is 12.2 Å². The van der Waals surface area contributed by atoms with Crippen LogP contribution < -0.4 is 0 Å². The summed E-state index contributed by atoms with van der Waals surface area (Å²) < 4.78 is 0. The van der Waals surface area contributed by atoms with Crippen LogP contribution in [0.25, 0.3) is 10.8 Å². The molecule has 0 saturated carbocycles. The maximum atomic E-state index is 12.8. The fourth-order valence-electron chi connectivity index (χ4n) is 3.39. The molecule has 1 fully saturated rings. The molecule has 0 aromatic heterocycles. The number of aliphatic hydroxyl groups excluding tert-OH is 1. The lowest BCUT2D eigenvalue weighted by atomic mass is 10.0. The van der Waals surface area contributed by atoms with Crippen LogP contribution >= 0.6 is 0 Å². The van der Waals surface area contributed by atoms with Crippen LogP contribution in [0.2, 0.25) is 0 Å². The van der Waals surface area contributed by atoms with Crippen LogP contribution in [0.5, 0.6) is 5.75 Å². The second-order valence-electron chi connectivity index (χ2n) is 6.26. The van der Waals surface area contributed by atoms with Gasteiger partial charge in [-0.2, -0.15) is 0 Å². The average molecular weight is 328 g/mol. The first-order valence-corrected chi connectivity index (χ1v) is 8.50. The lowest BCUT2D eigenvalue weighted by molar-refractivity contribution is 0.0470. The Hall–Kier alpha value is -2.11. The lowest BCUT2D eigenvalue weighted by Crippen LogP contribution is -2.52. The monoisotopic (exact) mass is 328 g/mol. The van der Waals surface area contributed by atoms with Crippen molar-refractivity contribution in [1.29, 1.82) is 0 Å². The number of phenols is 1. The molecule has 1 unspecified atom stereocenters. The first-order valence-electron chi connectivity index (χ1n) is 8.50. The summed E-state index contributed by atoms with van der Waals surface area (Å²) in [5.74, 6) is -0.0720. The van der Waals surface area contributed by atoms with Crippen molar-refractivity contribution in [3.8, 4) is 5.75 Å². The minimum absolute atomic E-state index is 0.0577. The number of fused-ring (bicyclic) bond motifs is 1. The summed E-state index contributed by atoms with van der Waals surface area (Å²) in [4.78, 5) is 16.8. The van der Waals surface area contributed by atoms with Gasteiger partial charge >= 0.3 is 0 Å². The largest absolute Gasteiger partial charge is 0.506 e. The van der Waals surface area contributed by atoms with Crippen LogP contribution in [0, 0.1) is 0 Å². The molecule has 0 radical (unpaired) electrons. The number of hydrogen-bond acceptors (Lipinski definition) is 4. The van der Waals surface area contributed by atoms with Gasteiger partial charge in [-0.15, -0.1) is 0 Å². The predicted molar refractivity (Wildman–Crippen MR) is 94.3 cm³/mol. The average Bonchev–Trinajstić information content (AvgIpc) is 2.63. The Balaban J connectivity index is 1.75. The summed E-state index contributed by atoms with van der Waals surface area (Å²) in [7, 11) is 0. The molecule has 2 aromatic rings. The standard InChI is InChI=1S/C19H24N2O3/c1-2-15(13-22)20-9-11-21(12-10-20)19(24)17-8-7-14-5-3-4-6-16(14)18(17)23/h3-8,15,22-23H,2,9-13H2,1H3. The summed E-state index contributed by atoms with van der Waals surface area (Å²) in [6, 6.07) is 11.2. The number of aliphatic hydroxyl groups is 1. The molecule has 0 bridgehead atoms. The summed E-state index contributed by atoms with van der Waals surface area (Å²) in [6.07, 6.45) is 0.899. The minimum Gasteiger partial charge on any atom is -0.506 e. The van der Waals surface area contributed by atoms with E-state index in [4.69, 9.17) is 0 Å². The van der Waals surface area contributed by atoms with Gasteiger partial charge in [-0.25, -0.2) is 0 Å². The number of amides is 1. The van der Waals surface area contributed by atoms with E-state index >= 15 is 0 Å². The molecule has 1 atom stereocenters. The SMILES string of the molecule is CCC(CO)N1CCN(C(=O)c2ccc3ccccc3c2O)CC1. The number of piperazine rings is 1. The number of rotatable bonds is 4. The van der Waals surface area contributed by atoms with Crippen LogP contribution in [-0.2, 0) is 0 Å². The van der Waals surface area contributed by atoms with Crippen LogP contribution in [0.3, 0.4) is 0 Å². The van der Waals surface area contributed by atoms with Crippen molar-refractivity contribution in [2.24, 2.45) is 0 Å². The summed E-state index contributed by atoms with van der Waals surface area (Å²) in [5, 5.41) is 21.5. The molecule has 3 rings (SSSR count). The summed E-state index contributed by atoms with van der Waals surface area (Å²) >= 11 is 0. The van der Waals surface area contributed by atoms with Crippen molar-refractivity contribution in [3.63, 3.8) is 0 Å². The zero-order valence-corrected chi connectivity index (χ0v) is 14.0. The van der Waals surface area contributed by atoms with Gasteiger partial charge in [0.15, 0.2) is 0 Å². The Bertz CT molecular complexity index is 720.